The van der Waals surface area contributed by atoms with Crippen molar-refractivity contribution in [2.75, 3.05) is 7.05 Å². The van der Waals surface area contributed by atoms with Crippen LogP contribution in [0.25, 0.3) is 11.5 Å². The number of aromatic nitrogens is 2. The van der Waals surface area contributed by atoms with Crippen molar-refractivity contribution < 1.29 is 13.6 Å². The Balaban J connectivity index is 1.57. The predicted molar refractivity (Wildman–Crippen MR) is 90.9 cm³/mol. The van der Waals surface area contributed by atoms with E-state index in [1.165, 1.54) is 6.07 Å². The van der Waals surface area contributed by atoms with Crippen LogP contribution in [0, 0.1) is 5.82 Å². The van der Waals surface area contributed by atoms with Gasteiger partial charge in [0.1, 0.15) is 5.82 Å². The summed E-state index contributed by atoms with van der Waals surface area (Å²) in [5.41, 5.74) is 1.33. The van der Waals surface area contributed by atoms with E-state index < -0.39 is 5.82 Å². The fraction of sp³-hybridized carbons (Fsp3) is 0.211. The molecule has 0 atom stereocenters. The van der Waals surface area contributed by atoms with Crippen LogP contribution in [-0.4, -0.2) is 28.1 Å². The Morgan fingerprint density at radius 1 is 1.08 bits per heavy atom. The van der Waals surface area contributed by atoms with E-state index >= 15 is 0 Å². The van der Waals surface area contributed by atoms with Crippen LogP contribution in [0.15, 0.2) is 59.0 Å². The summed E-state index contributed by atoms with van der Waals surface area (Å²) in [6.07, 6.45) is 0.571. The molecule has 128 valence electrons. The minimum Gasteiger partial charge on any atom is -0.421 e. The lowest BCUT2D eigenvalue weighted by Crippen LogP contribution is -2.26. The van der Waals surface area contributed by atoms with Gasteiger partial charge in [0, 0.05) is 26.4 Å². The van der Waals surface area contributed by atoms with Crippen molar-refractivity contribution in [3.63, 3.8) is 0 Å². The second-order valence-electron chi connectivity index (χ2n) is 5.72. The maximum absolute atomic E-state index is 13.7. The van der Waals surface area contributed by atoms with Gasteiger partial charge in [-0.05, 0) is 17.7 Å². The zero-order valence-corrected chi connectivity index (χ0v) is 13.9. The monoisotopic (exact) mass is 339 g/mol. The van der Waals surface area contributed by atoms with E-state index in [-0.39, 0.29) is 23.8 Å². The van der Waals surface area contributed by atoms with Gasteiger partial charge < -0.3 is 9.32 Å². The molecule has 0 bridgehead atoms. The fourth-order valence-electron chi connectivity index (χ4n) is 2.45. The molecule has 0 N–H and O–H groups in total. The molecule has 0 fully saturated rings. The summed E-state index contributed by atoms with van der Waals surface area (Å²) in [4.78, 5) is 13.9. The Hall–Kier alpha value is -3.02. The molecule has 0 saturated heterocycles. The number of rotatable bonds is 6. The molecular formula is C19H18FN3O2. The number of hydrogen-bond donors (Lipinski definition) is 0. The fourth-order valence-corrected chi connectivity index (χ4v) is 2.45. The topological polar surface area (TPSA) is 59.2 Å². The molecule has 0 aliphatic carbocycles. The summed E-state index contributed by atoms with van der Waals surface area (Å²) in [5.74, 6) is 0.00349. The number of amides is 1. The van der Waals surface area contributed by atoms with Gasteiger partial charge in [-0.3, -0.25) is 4.79 Å². The lowest BCUT2D eigenvalue weighted by molar-refractivity contribution is -0.130. The summed E-state index contributed by atoms with van der Waals surface area (Å²) in [5, 5.41) is 7.75. The van der Waals surface area contributed by atoms with Crippen molar-refractivity contribution in [2.45, 2.75) is 19.4 Å². The Bertz CT molecular complexity index is 849. The molecule has 0 aliphatic heterocycles. The van der Waals surface area contributed by atoms with Gasteiger partial charge in [-0.1, -0.05) is 42.5 Å². The Labute approximate surface area is 145 Å². The number of benzene rings is 2. The average molecular weight is 339 g/mol. The van der Waals surface area contributed by atoms with Crippen LogP contribution in [0.4, 0.5) is 4.39 Å². The van der Waals surface area contributed by atoms with Crippen molar-refractivity contribution in [1.29, 1.82) is 0 Å². The molecule has 3 aromatic rings. The van der Waals surface area contributed by atoms with E-state index in [1.807, 2.05) is 30.3 Å². The minimum absolute atomic E-state index is 0.0190. The smallest absolute Gasteiger partial charge is 0.250 e. The molecule has 1 amide bonds. The highest BCUT2D eigenvalue weighted by Crippen LogP contribution is 2.21. The van der Waals surface area contributed by atoms with Crippen LogP contribution < -0.4 is 0 Å². The molecule has 0 radical (unpaired) electrons. The Morgan fingerprint density at radius 2 is 1.80 bits per heavy atom. The third kappa shape index (κ3) is 4.29. The van der Waals surface area contributed by atoms with Gasteiger partial charge in [0.15, 0.2) is 0 Å². The highest BCUT2D eigenvalue weighted by atomic mass is 19.1. The van der Waals surface area contributed by atoms with Crippen molar-refractivity contribution in [3.05, 3.63) is 71.9 Å². The van der Waals surface area contributed by atoms with E-state index in [1.54, 1.807) is 30.1 Å². The largest absolute Gasteiger partial charge is 0.421 e. The van der Waals surface area contributed by atoms with Crippen molar-refractivity contribution >= 4 is 5.91 Å². The number of aryl methyl sites for hydroxylation is 1. The average Bonchev–Trinajstić information content (AvgIpc) is 3.09. The summed E-state index contributed by atoms with van der Waals surface area (Å²) >= 11 is 0. The molecule has 0 aliphatic rings. The molecule has 3 rings (SSSR count). The van der Waals surface area contributed by atoms with Crippen LogP contribution in [0.5, 0.6) is 0 Å². The lowest BCUT2D eigenvalue weighted by atomic mass is 10.2. The minimum atomic E-state index is -0.420. The summed E-state index contributed by atoms with van der Waals surface area (Å²) in [6, 6.07) is 16.0. The van der Waals surface area contributed by atoms with Crippen molar-refractivity contribution in [1.82, 2.24) is 15.1 Å². The third-order valence-electron chi connectivity index (χ3n) is 3.81. The van der Waals surface area contributed by atoms with E-state index in [0.717, 1.165) is 5.56 Å². The van der Waals surface area contributed by atoms with Crippen molar-refractivity contribution in [2.24, 2.45) is 0 Å². The Kier molecular flexibility index (Phi) is 5.18. The van der Waals surface area contributed by atoms with Crippen LogP contribution in [0.3, 0.4) is 0 Å². The predicted octanol–water partition coefficient (Wildman–Crippen LogP) is 3.47. The van der Waals surface area contributed by atoms with Crippen LogP contribution in [0.2, 0.25) is 0 Å². The Morgan fingerprint density at radius 3 is 2.56 bits per heavy atom. The van der Waals surface area contributed by atoms with Crippen LogP contribution in [0.1, 0.15) is 17.9 Å². The van der Waals surface area contributed by atoms with E-state index in [0.29, 0.717) is 18.9 Å². The number of hydrogen-bond acceptors (Lipinski definition) is 4. The third-order valence-corrected chi connectivity index (χ3v) is 3.81. The molecule has 5 nitrogen and oxygen atoms in total. The second-order valence-corrected chi connectivity index (χ2v) is 5.72. The molecule has 6 heteroatoms. The molecule has 1 heterocycles. The summed E-state index contributed by atoms with van der Waals surface area (Å²) in [7, 11) is 1.76. The standard InChI is InChI=1S/C19H18FN3O2/c1-23(13-14-7-3-2-4-8-14)18(24)12-11-17-21-22-19(25-17)15-9-5-6-10-16(15)20/h2-10H,11-13H2,1H3. The molecular weight excluding hydrogens is 321 g/mol. The summed E-state index contributed by atoms with van der Waals surface area (Å²) < 4.78 is 19.2. The highest BCUT2D eigenvalue weighted by Gasteiger charge is 2.15. The van der Waals surface area contributed by atoms with Crippen LogP contribution >= 0.6 is 0 Å². The number of nitrogens with zero attached hydrogens (tertiary/aromatic N) is 3. The zero-order chi connectivity index (χ0) is 17.6. The molecule has 0 unspecified atom stereocenters. The van der Waals surface area contributed by atoms with Gasteiger partial charge in [-0.2, -0.15) is 0 Å². The van der Waals surface area contributed by atoms with E-state index in [9.17, 15) is 9.18 Å². The number of halogens is 1. The van der Waals surface area contributed by atoms with Gasteiger partial charge >= 0.3 is 0 Å². The second kappa shape index (κ2) is 7.70. The van der Waals surface area contributed by atoms with Crippen LogP contribution in [-0.2, 0) is 17.8 Å². The van der Waals surface area contributed by atoms with Gasteiger partial charge in [0.2, 0.25) is 11.8 Å². The molecule has 0 saturated carbocycles. The van der Waals surface area contributed by atoms with Crippen molar-refractivity contribution in [3.8, 4) is 11.5 Å². The normalized spacial score (nSPS) is 10.6. The lowest BCUT2D eigenvalue weighted by Gasteiger charge is -2.16. The number of carbonyl (C=O) groups is 1. The first-order valence-corrected chi connectivity index (χ1v) is 7.98. The van der Waals surface area contributed by atoms with Gasteiger partial charge in [0.05, 0.1) is 5.56 Å². The summed E-state index contributed by atoms with van der Waals surface area (Å²) in [6.45, 7) is 0.546. The first-order valence-electron chi connectivity index (χ1n) is 7.98. The first kappa shape index (κ1) is 16.8. The van der Waals surface area contributed by atoms with E-state index in [4.69, 9.17) is 4.42 Å². The highest BCUT2D eigenvalue weighted by molar-refractivity contribution is 5.76. The maximum Gasteiger partial charge on any atom is 0.250 e. The quantitative estimate of drug-likeness (QED) is 0.690. The van der Waals surface area contributed by atoms with Gasteiger partial charge in [0.25, 0.3) is 5.89 Å². The molecule has 25 heavy (non-hydrogen) atoms. The number of carbonyl (C=O) groups excluding carboxylic acids is 1. The molecule has 2 aromatic carbocycles. The van der Waals surface area contributed by atoms with Gasteiger partial charge in [-0.25, -0.2) is 4.39 Å². The SMILES string of the molecule is CN(Cc1ccccc1)C(=O)CCc1nnc(-c2ccccc2F)o1. The molecule has 0 spiro atoms. The first-order chi connectivity index (χ1) is 12.1. The maximum atomic E-state index is 13.7. The van der Waals surface area contributed by atoms with Gasteiger partial charge in [-0.15, -0.1) is 10.2 Å². The zero-order valence-electron chi connectivity index (χ0n) is 13.9. The van der Waals surface area contributed by atoms with E-state index in [2.05, 4.69) is 10.2 Å². The molecule has 1 aromatic heterocycles.